The quantitative estimate of drug-likeness (QED) is 0.204. The lowest BCUT2D eigenvalue weighted by molar-refractivity contribution is 0.669. The molecule has 3 aromatic heterocycles. The van der Waals surface area contributed by atoms with E-state index in [0.29, 0.717) is 0 Å². The summed E-state index contributed by atoms with van der Waals surface area (Å²) in [7, 11) is 0. The lowest BCUT2D eigenvalue weighted by atomic mass is 10.0. The summed E-state index contributed by atoms with van der Waals surface area (Å²) in [4.78, 5) is 5.21. The molecular weight excluding hydrogens is 569 g/mol. The highest BCUT2D eigenvalue weighted by atomic mass is 32.1. The molecule has 0 aliphatic carbocycles. The minimum absolute atomic E-state index is 0.869. The van der Waals surface area contributed by atoms with E-state index in [1.807, 2.05) is 6.07 Å². The van der Waals surface area contributed by atoms with Crippen LogP contribution in [-0.2, 0) is 0 Å². The number of rotatable bonds is 3. The van der Waals surface area contributed by atoms with Crippen molar-refractivity contribution in [2.75, 3.05) is 0 Å². The summed E-state index contributed by atoms with van der Waals surface area (Å²) < 4.78 is 9.82. The Morgan fingerprint density at radius 1 is 0.511 bits per heavy atom. The highest BCUT2D eigenvalue weighted by Gasteiger charge is 2.17. The normalized spacial score (nSPS) is 12.0. The van der Waals surface area contributed by atoms with Crippen molar-refractivity contribution in [2.24, 2.45) is 0 Å². The number of thiazole rings is 1. The van der Waals surface area contributed by atoms with Gasteiger partial charge in [0.15, 0.2) is 0 Å². The predicted molar refractivity (Wildman–Crippen MR) is 190 cm³/mol. The maximum Gasteiger partial charge on any atom is 0.137 e. The van der Waals surface area contributed by atoms with Crippen LogP contribution in [0.25, 0.3) is 92.1 Å². The molecule has 0 bridgehead atoms. The Morgan fingerprint density at radius 3 is 2.16 bits per heavy atom. The number of hydrogen-bond donors (Lipinski definition) is 0. The summed E-state index contributed by atoms with van der Waals surface area (Å²) in [6.45, 7) is 0. The van der Waals surface area contributed by atoms with Crippen LogP contribution >= 0.6 is 11.3 Å². The molecular formula is C41H24N2OS. The van der Waals surface area contributed by atoms with Crippen LogP contribution in [0.3, 0.4) is 0 Å². The van der Waals surface area contributed by atoms with Gasteiger partial charge in [0.1, 0.15) is 16.2 Å². The molecule has 0 fully saturated rings. The van der Waals surface area contributed by atoms with Crippen LogP contribution in [0.1, 0.15) is 0 Å². The van der Waals surface area contributed by atoms with Gasteiger partial charge in [-0.25, -0.2) is 4.98 Å². The molecule has 10 rings (SSSR count). The van der Waals surface area contributed by atoms with Gasteiger partial charge in [0.05, 0.1) is 26.6 Å². The molecule has 210 valence electrons. The van der Waals surface area contributed by atoms with Gasteiger partial charge < -0.3 is 8.98 Å². The van der Waals surface area contributed by atoms with Gasteiger partial charge in [-0.15, -0.1) is 11.3 Å². The van der Waals surface area contributed by atoms with Crippen molar-refractivity contribution < 1.29 is 4.42 Å². The lowest BCUT2D eigenvalue weighted by Crippen LogP contribution is -1.93. The Morgan fingerprint density at radius 2 is 1.27 bits per heavy atom. The van der Waals surface area contributed by atoms with E-state index in [-0.39, 0.29) is 0 Å². The van der Waals surface area contributed by atoms with Gasteiger partial charge in [0.2, 0.25) is 0 Å². The van der Waals surface area contributed by atoms with Crippen molar-refractivity contribution >= 4 is 76.1 Å². The maximum absolute atomic E-state index is 6.28. The van der Waals surface area contributed by atoms with E-state index in [1.54, 1.807) is 11.3 Å². The second-order valence-corrected chi connectivity index (χ2v) is 12.6. The summed E-state index contributed by atoms with van der Waals surface area (Å²) in [5.74, 6) is 0. The third-order valence-electron chi connectivity index (χ3n) is 9.03. The number of aromatic nitrogens is 2. The monoisotopic (exact) mass is 592 g/mol. The van der Waals surface area contributed by atoms with Gasteiger partial charge in [-0.1, -0.05) is 84.9 Å². The molecule has 45 heavy (non-hydrogen) atoms. The number of fused-ring (bicyclic) bond motifs is 10. The fourth-order valence-electron chi connectivity index (χ4n) is 6.96. The first kappa shape index (κ1) is 24.7. The van der Waals surface area contributed by atoms with Crippen LogP contribution in [0, 0.1) is 0 Å². The molecule has 7 aromatic carbocycles. The van der Waals surface area contributed by atoms with Gasteiger partial charge in [-0.05, 0) is 82.6 Å². The molecule has 3 heterocycles. The lowest BCUT2D eigenvalue weighted by Gasteiger charge is -2.09. The summed E-state index contributed by atoms with van der Waals surface area (Å²) in [5, 5.41) is 8.29. The van der Waals surface area contributed by atoms with Gasteiger partial charge in [0.25, 0.3) is 0 Å². The second-order valence-electron chi connectivity index (χ2n) is 11.6. The number of furan rings is 1. The van der Waals surface area contributed by atoms with Gasteiger partial charge in [0, 0.05) is 27.4 Å². The molecule has 0 saturated heterocycles. The molecule has 10 aromatic rings. The number of nitrogens with zero attached hydrogens (tertiary/aromatic N) is 2. The first-order chi connectivity index (χ1) is 22.3. The minimum Gasteiger partial charge on any atom is -0.456 e. The number of para-hydroxylation sites is 1. The van der Waals surface area contributed by atoms with Crippen LogP contribution in [0.15, 0.2) is 150 Å². The van der Waals surface area contributed by atoms with Crippen molar-refractivity contribution in [3.63, 3.8) is 0 Å². The Hall–Kier alpha value is -5.71. The Labute approximate surface area is 262 Å². The third-order valence-corrected chi connectivity index (χ3v) is 10.1. The van der Waals surface area contributed by atoms with Crippen LogP contribution in [0.5, 0.6) is 0 Å². The topological polar surface area (TPSA) is 31.0 Å². The fourth-order valence-corrected chi connectivity index (χ4v) is 7.94. The summed E-state index contributed by atoms with van der Waals surface area (Å²) in [6, 6.07) is 51.8. The van der Waals surface area contributed by atoms with E-state index < -0.39 is 0 Å². The maximum atomic E-state index is 6.28. The van der Waals surface area contributed by atoms with Gasteiger partial charge >= 0.3 is 0 Å². The minimum atomic E-state index is 0.869. The largest absolute Gasteiger partial charge is 0.456 e. The predicted octanol–water partition coefficient (Wildman–Crippen LogP) is 11.8. The zero-order valence-corrected chi connectivity index (χ0v) is 24.9. The van der Waals surface area contributed by atoms with E-state index in [4.69, 9.17) is 9.40 Å². The zero-order valence-electron chi connectivity index (χ0n) is 24.1. The second kappa shape index (κ2) is 9.39. The van der Waals surface area contributed by atoms with Crippen LogP contribution in [0.4, 0.5) is 0 Å². The van der Waals surface area contributed by atoms with Crippen LogP contribution < -0.4 is 0 Å². The SMILES string of the molecule is c1ccc(-c2ccc3oc4ccc5sc(-c6ccc(-n7c8ccccc8c8c9ccccc9ccc87)cc6)nc5c4c3c2)cc1. The molecule has 3 nitrogen and oxygen atoms in total. The summed E-state index contributed by atoms with van der Waals surface area (Å²) >= 11 is 1.73. The van der Waals surface area contributed by atoms with E-state index in [9.17, 15) is 0 Å². The molecule has 0 saturated carbocycles. The molecule has 0 aliphatic rings. The smallest absolute Gasteiger partial charge is 0.137 e. The zero-order chi connectivity index (χ0) is 29.5. The molecule has 0 radical (unpaired) electrons. The van der Waals surface area contributed by atoms with E-state index >= 15 is 0 Å². The van der Waals surface area contributed by atoms with Crippen molar-refractivity contribution in [2.45, 2.75) is 0 Å². The highest BCUT2D eigenvalue weighted by molar-refractivity contribution is 7.21. The van der Waals surface area contributed by atoms with E-state index in [1.165, 1.54) is 43.7 Å². The summed E-state index contributed by atoms with van der Waals surface area (Å²) in [6.07, 6.45) is 0. The highest BCUT2D eigenvalue weighted by Crippen LogP contribution is 2.41. The number of benzene rings is 7. The molecule has 0 N–H and O–H groups in total. The van der Waals surface area contributed by atoms with Crippen molar-refractivity contribution in [3.8, 4) is 27.4 Å². The van der Waals surface area contributed by atoms with Gasteiger partial charge in [-0.2, -0.15) is 0 Å². The average molecular weight is 593 g/mol. The standard InChI is InChI=1S/C41H24N2OS/c1-2-8-25(9-3-1)28-17-21-35-32(24-28)39-36(44-35)22-23-37-40(39)42-41(45-37)27-14-18-29(19-15-27)43-33-13-7-6-12-31(33)38-30-11-5-4-10-26(30)16-20-34(38)43/h1-24H. The van der Waals surface area contributed by atoms with Crippen LogP contribution in [0.2, 0.25) is 0 Å². The fraction of sp³-hybridized carbons (Fsp3) is 0. The van der Waals surface area contributed by atoms with E-state index in [0.717, 1.165) is 48.4 Å². The molecule has 0 aliphatic heterocycles. The third kappa shape index (κ3) is 3.67. The molecule has 0 unspecified atom stereocenters. The Bertz CT molecular complexity index is 2750. The summed E-state index contributed by atoms with van der Waals surface area (Å²) in [5.41, 5.74) is 9.78. The molecule has 0 spiro atoms. The first-order valence-electron chi connectivity index (χ1n) is 15.1. The Balaban J connectivity index is 1.11. The van der Waals surface area contributed by atoms with E-state index in [2.05, 4.69) is 144 Å². The van der Waals surface area contributed by atoms with Gasteiger partial charge in [-0.3, -0.25) is 0 Å². The number of hydrogen-bond acceptors (Lipinski definition) is 3. The molecule has 0 amide bonds. The average Bonchev–Trinajstić information content (AvgIpc) is 3.80. The molecule has 4 heteroatoms. The Kier molecular flexibility index (Phi) is 5.16. The van der Waals surface area contributed by atoms with Crippen molar-refractivity contribution in [3.05, 3.63) is 146 Å². The van der Waals surface area contributed by atoms with Crippen molar-refractivity contribution in [1.82, 2.24) is 9.55 Å². The van der Waals surface area contributed by atoms with Crippen LogP contribution in [-0.4, -0.2) is 9.55 Å². The molecule has 0 atom stereocenters. The van der Waals surface area contributed by atoms with Crippen molar-refractivity contribution in [1.29, 1.82) is 0 Å². The first-order valence-corrected chi connectivity index (χ1v) is 15.9.